The second-order valence-electron chi connectivity index (χ2n) is 7.37. The Balaban J connectivity index is 1.55. The molecule has 0 unspecified atom stereocenters. The lowest BCUT2D eigenvalue weighted by Crippen LogP contribution is -1.97. The van der Waals surface area contributed by atoms with Gasteiger partial charge in [0.2, 0.25) is 0 Å². The van der Waals surface area contributed by atoms with Crippen molar-refractivity contribution >= 4 is 0 Å². The first-order chi connectivity index (χ1) is 15.2. The molecule has 4 aromatic rings. The monoisotopic (exact) mass is 410 g/mol. The maximum absolute atomic E-state index is 6.43. The molecule has 0 saturated heterocycles. The lowest BCUT2D eigenvalue weighted by atomic mass is 10.0. The van der Waals surface area contributed by atoms with Crippen LogP contribution in [0.1, 0.15) is 22.3 Å². The molecule has 0 atom stereocenters. The van der Waals surface area contributed by atoms with Crippen molar-refractivity contribution in [3.63, 3.8) is 0 Å². The fourth-order valence-corrected chi connectivity index (χ4v) is 3.54. The first-order valence-electron chi connectivity index (χ1n) is 10.3. The van der Waals surface area contributed by atoms with Crippen LogP contribution in [0.5, 0.6) is 23.0 Å². The molecule has 3 nitrogen and oxygen atoms in total. The van der Waals surface area contributed by atoms with Gasteiger partial charge in [0.25, 0.3) is 0 Å². The van der Waals surface area contributed by atoms with E-state index in [0.717, 1.165) is 47.0 Å². The number of rotatable bonds is 8. The summed E-state index contributed by atoms with van der Waals surface area (Å²) in [5.74, 6) is 3.47. The van der Waals surface area contributed by atoms with Crippen LogP contribution in [0.2, 0.25) is 0 Å². The largest absolute Gasteiger partial charge is 0.497 e. The summed E-state index contributed by atoms with van der Waals surface area (Å²) < 4.78 is 17.0. The van der Waals surface area contributed by atoms with Gasteiger partial charge in [-0.05, 0) is 58.7 Å². The first kappa shape index (κ1) is 20.5. The van der Waals surface area contributed by atoms with E-state index in [1.807, 2.05) is 48.5 Å². The second-order valence-corrected chi connectivity index (χ2v) is 7.37. The standard InChI is InChI=1S/C28H26O3/c1-29-25-15-11-21(12-16-25)19-23-7-3-5-9-27(23)31-28-10-6-4-8-24(28)20-22-13-17-26(30-2)18-14-22/h3-18H,19-20H2,1-2H3. The zero-order valence-electron chi connectivity index (χ0n) is 17.9. The lowest BCUT2D eigenvalue weighted by Gasteiger charge is -2.15. The van der Waals surface area contributed by atoms with Crippen LogP contribution < -0.4 is 14.2 Å². The highest BCUT2D eigenvalue weighted by Gasteiger charge is 2.10. The van der Waals surface area contributed by atoms with Crippen molar-refractivity contribution in [3.05, 3.63) is 119 Å². The Bertz CT molecular complexity index is 1020. The molecule has 0 fully saturated rings. The maximum Gasteiger partial charge on any atom is 0.130 e. The van der Waals surface area contributed by atoms with Gasteiger partial charge in [-0.3, -0.25) is 0 Å². The Hall–Kier alpha value is -3.72. The summed E-state index contributed by atoms with van der Waals surface area (Å²) in [5.41, 5.74) is 4.71. The molecule has 4 aromatic carbocycles. The Labute approximate surface area is 183 Å². The van der Waals surface area contributed by atoms with Crippen LogP contribution in [0.3, 0.4) is 0 Å². The summed E-state index contributed by atoms with van der Waals surface area (Å²) in [5, 5.41) is 0. The lowest BCUT2D eigenvalue weighted by molar-refractivity contribution is 0.414. The van der Waals surface area contributed by atoms with E-state index < -0.39 is 0 Å². The number of ether oxygens (including phenoxy) is 3. The minimum absolute atomic E-state index is 0.792. The molecule has 31 heavy (non-hydrogen) atoms. The highest BCUT2D eigenvalue weighted by atomic mass is 16.5. The SMILES string of the molecule is COc1ccc(Cc2ccccc2Oc2ccccc2Cc2ccc(OC)cc2)cc1. The normalized spacial score (nSPS) is 10.5. The van der Waals surface area contributed by atoms with Gasteiger partial charge in [0.15, 0.2) is 0 Å². The second kappa shape index (κ2) is 9.86. The highest BCUT2D eigenvalue weighted by molar-refractivity contribution is 5.45. The number of para-hydroxylation sites is 2. The first-order valence-corrected chi connectivity index (χ1v) is 10.3. The van der Waals surface area contributed by atoms with Crippen LogP contribution in [-0.4, -0.2) is 14.2 Å². The average Bonchev–Trinajstić information content (AvgIpc) is 2.82. The van der Waals surface area contributed by atoms with Gasteiger partial charge in [-0.1, -0.05) is 60.7 Å². The van der Waals surface area contributed by atoms with Crippen molar-refractivity contribution in [2.75, 3.05) is 14.2 Å². The minimum Gasteiger partial charge on any atom is -0.497 e. The zero-order valence-corrected chi connectivity index (χ0v) is 17.9. The summed E-state index contributed by atoms with van der Waals surface area (Å²) in [7, 11) is 3.36. The smallest absolute Gasteiger partial charge is 0.130 e. The van der Waals surface area contributed by atoms with Crippen molar-refractivity contribution in [2.45, 2.75) is 12.8 Å². The molecule has 0 amide bonds. The number of hydrogen-bond acceptors (Lipinski definition) is 3. The third kappa shape index (κ3) is 5.26. The van der Waals surface area contributed by atoms with E-state index in [1.165, 1.54) is 11.1 Å². The van der Waals surface area contributed by atoms with Crippen LogP contribution in [0.15, 0.2) is 97.1 Å². The van der Waals surface area contributed by atoms with Crippen molar-refractivity contribution in [2.24, 2.45) is 0 Å². The quantitative estimate of drug-likeness (QED) is 0.324. The molecule has 4 rings (SSSR count). The third-order valence-corrected chi connectivity index (χ3v) is 5.27. The van der Waals surface area contributed by atoms with Crippen LogP contribution in [-0.2, 0) is 12.8 Å². The Morgan fingerprint density at radius 3 is 1.26 bits per heavy atom. The van der Waals surface area contributed by atoms with E-state index in [4.69, 9.17) is 14.2 Å². The molecule has 0 N–H and O–H groups in total. The van der Waals surface area contributed by atoms with Gasteiger partial charge in [-0.2, -0.15) is 0 Å². The summed E-state index contributed by atoms with van der Waals surface area (Å²) in [6.07, 6.45) is 1.58. The van der Waals surface area contributed by atoms with Gasteiger partial charge < -0.3 is 14.2 Å². The molecule has 0 heterocycles. The van der Waals surface area contributed by atoms with Gasteiger partial charge in [0, 0.05) is 12.8 Å². The molecule has 0 bridgehead atoms. The molecule has 0 aliphatic rings. The van der Waals surface area contributed by atoms with Crippen molar-refractivity contribution in [1.29, 1.82) is 0 Å². The number of benzene rings is 4. The predicted molar refractivity (Wildman–Crippen MR) is 125 cm³/mol. The summed E-state index contributed by atoms with van der Waals surface area (Å²) in [4.78, 5) is 0. The molecule has 3 heteroatoms. The fourth-order valence-electron chi connectivity index (χ4n) is 3.54. The highest BCUT2D eigenvalue weighted by Crippen LogP contribution is 2.31. The fraction of sp³-hybridized carbons (Fsp3) is 0.143. The van der Waals surface area contributed by atoms with Gasteiger partial charge in [-0.25, -0.2) is 0 Å². The molecule has 0 aliphatic heterocycles. The molecule has 156 valence electrons. The number of hydrogen-bond donors (Lipinski definition) is 0. The van der Waals surface area contributed by atoms with Gasteiger partial charge in [0.05, 0.1) is 14.2 Å². The van der Waals surface area contributed by atoms with Gasteiger partial charge in [0.1, 0.15) is 23.0 Å². The van der Waals surface area contributed by atoms with E-state index in [2.05, 4.69) is 48.5 Å². The summed E-state index contributed by atoms with van der Waals surface area (Å²) in [6.45, 7) is 0. The van der Waals surface area contributed by atoms with E-state index in [9.17, 15) is 0 Å². The van der Waals surface area contributed by atoms with Crippen molar-refractivity contribution in [1.82, 2.24) is 0 Å². The predicted octanol–water partition coefficient (Wildman–Crippen LogP) is 6.68. The van der Waals surface area contributed by atoms with Crippen LogP contribution >= 0.6 is 0 Å². The van der Waals surface area contributed by atoms with Gasteiger partial charge in [-0.15, -0.1) is 0 Å². The van der Waals surface area contributed by atoms with Crippen molar-refractivity contribution in [3.8, 4) is 23.0 Å². The van der Waals surface area contributed by atoms with Crippen LogP contribution in [0, 0.1) is 0 Å². The minimum atomic E-state index is 0.792. The molecule has 0 aliphatic carbocycles. The topological polar surface area (TPSA) is 27.7 Å². The molecular weight excluding hydrogens is 384 g/mol. The maximum atomic E-state index is 6.43. The van der Waals surface area contributed by atoms with Crippen molar-refractivity contribution < 1.29 is 14.2 Å². The Morgan fingerprint density at radius 2 is 0.871 bits per heavy atom. The van der Waals surface area contributed by atoms with E-state index in [1.54, 1.807) is 14.2 Å². The summed E-state index contributed by atoms with van der Waals surface area (Å²) >= 11 is 0. The van der Waals surface area contributed by atoms with Crippen LogP contribution in [0.4, 0.5) is 0 Å². The average molecular weight is 411 g/mol. The Kier molecular flexibility index (Phi) is 6.53. The molecular formula is C28H26O3. The summed E-state index contributed by atoms with van der Waals surface area (Å²) in [6, 6.07) is 32.7. The molecule has 0 spiro atoms. The zero-order chi connectivity index (χ0) is 21.5. The third-order valence-electron chi connectivity index (χ3n) is 5.27. The Morgan fingerprint density at radius 1 is 0.484 bits per heavy atom. The van der Waals surface area contributed by atoms with E-state index >= 15 is 0 Å². The van der Waals surface area contributed by atoms with Crippen LogP contribution in [0.25, 0.3) is 0 Å². The molecule has 0 radical (unpaired) electrons. The van der Waals surface area contributed by atoms with E-state index in [0.29, 0.717) is 0 Å². The molecule has 0 saturated carbocycles. The molecule has 0 aromatic heterocycles. The van der Waals surface area contributed by atoms with E-state index in [-0.39, 0.29) is 0 Å². The van der Waals surface area contributed by atoms with Gasteiger partial charge >= 0.3 is 0 Å². The number of methoxy groups -OCH3 is 2.